The van der Waals surface area contributed by atoms with E-state index in [1.807, 2.05) is 0 Å². The van der Waals surface area contributed by atoms with Crippen LogP contribution in [0.4, 0.5) is 0 Å². The molecule has 0 aromatic heterocycles. The molecule has 1 saturated heterocycles. The van der Waals surface area contributed by atoms with Crippen LogP contribution >= 0.6 is 0 Å². The quantitative estimate of drug-likeness (QED) is 0.617. The summed E-state index contributed by atoms with van der Waals surface area (Å²) in [5.41, 5.74) is -0.0780. The van der Waals surface area contributed by atoms with Gasteiger partial charge in [-0.3, -0.25) is 5.32 Å². The van der Waals surface area contributed by atoms with E-state index in [0.717, 1.165) is 25.0 Å². The molecule has 0 aromatic carbocycles. The second-order valence-corrected chi connectivity index (χ2v) is 4.30. The third-order valence-electron chi connectivity index (χ3n) is 2.74. The van der Waals surface area contributed by atoms with Gasteiger partial charge < -0.3 is 4.74 Å². The van der Waals surface area contributed by atoms with E-state index >= 15 is 0 Å². The summed E-state index contributed by atoms with van der Waals surface area (Å²) >= 11 is 0. The highest BCUT2D eigenvalue weighted by Crippen LogP contribution is 2.38. The van der Waals surface area contributed by atoms with Crippen molar-refractivity contribution in [1.29, 1.82) is 0 Å². The summed E-state index contributed by atoms with van der Waals surface area (Å²) in [6, 6.07) is 0. The maximum absolute atomic E-state index is 5.67. The van der Waals surface area contributed by atoms with E-state index in [9.17, 15) is 0 Å². The van der Waals surface area contributed by atoms with Crippen LogP contribution in [0, 0.1) is 11.8 Å². The Hall–Kier alpha value is -0.0800. The molecule has 0 spiro atoms. The first-order valence-electron chi connectivity index (χ1n) is 4.56. The second kappa shape index (κ2) is 2.46. The Morgan fingerprint density at radius 1 is 1.27 bits per heavy atom. The summed E-state index contributed by atoms with van der Waals surface area (Å²) in [6.45, 7) is 6.30. The van der Waals surface area contributed by atoms with Crippen LogP contribution in [0.25, 0.3) is 0 Å². The van der Waals surface area contributed by atoms with Crippen molar-refractivity contribution in [3.8, 4) is 0 Å². The number of hydrogen-bond acceptors (Lipinski definition) is 2. The number of ether oxygens (including phenoxy) is 1. The fourth-order valence-corrected chi connectivity index (χ4v) is 1.67. The highest BCUT2D eigenvalue weighted by atomic mass is 16.5. The van der Waals surface area contributed by atoms with Gasteiger partial charge in [-0.1, -0.05) is 0 Å². The molecule has 1 aliphatic carbocycles. The molecule has 11 heavy (non-hydrogen) atoms. The molecule has 2 aliphatic rings. The molecule has 1 N–H and O–H groups in total. The van der Waals surface area contributed by atoms with E-state index in [1.165, 1.54) is 12.8 Å². The molecule has 1 heterocycles. The Balaban J connectivity index is 1.84. The molecule has 1 unspecified atom stereocenters. The number of rotatable bonds is 1. The molecular formula is C9H17NO. The molecule has 1 aliphatic heterocycles. The number of nitrogens with one attached hydrogen (secondary N) is 1. The fourth-order valence-electron chi connectivity index (χ4n) is 1.67. The first-order chi connectivity index (χ1) is 5.17. The van der Waals surface area contributed by atoms with Crippen LogP contribution in [0.15, 0.2) is 0 Å². The van der Waals surface area contributed by atoms with Crippen molar-refractivity contribution in [3.05, 3.63) is 0 Å². The van der Waals surface area contributed by atoms with Crippen LogP contribution in [0.5, 0.6) is 0 Å². The van der Waals surface area contributed by atoms with Crippen molar-refractivity contribution in [2.75, 3.05) is 13.2 Å². The average molecular weight is 155 g/mol. The topological polar surface area (TPSA) is 21.3 Å². The average Bonchev–Trinajstić information content (AvgIpc) is 2.70. The Bertz CT molecular complexity index is 142. The monoisotopic (exact) mass is 155 g/mol. The maximum atomic E-state index is 5.67. The van der Waals surface area contributed by atoms with Gasteiger partial charge in [0.25, 0.3) is 0 Å². The third-order valence-corrected chi connectivity index (χ3v) is 2.74. The minimum absolute atomic E-state index is 0.0780. The molecule has 2 rings (SSSR count). The van der Waals surface area contributed by atoms with E-state index in [1.54, 1.807) is 0 Å². The first kappa shape index (κ1) is 7.56. The van der Waals surface area contributed by atoms with Gasteiger partial charge in [-0.25, -0.2) is 0 Å². The molecule has 0 radical (unpaired) electrons. The van der Waals surface area contributed by atoms with E-state index in [2.05, 4.69) is 19.2 Å². The fraction of sp³-hybridized carbons (Fsp3) is 1.00. The van der Waals surface area contributed by atoms with Gasteiger partial charge >= 0.3 is 0 Å². The molecule has 2 nitrogen and oxygen atoms in total. The van der Waals surface area contributed by atoms with Gasteiger partial charge in [-0.2, -0.15) is 0 Å². The van der Waals surface area contributed by atoms with Crippen LogP contribution in [-0.4, -0.2) is 18.9 Å². The molecule has 2 heteroatoms. The predicted molar refractivity (Wildman–Crippen MR) is 44.2 cm³/mol. The van der Waals surface area contributed by atoms with Crippen molar-refractivity contribution in [1.82, 2.24) is 5.32 Å². The van der Waals surface area contributed by atoms with E-state index < -0.39 is 0 Å². The molecule has 1 saturated carbocycles. The summed E-state index contributed by atoms with van der Waals surface area (Å²) in [5, 5.41) is 3.41. The highest BCUT2D eigenvalue weighted by Gasteiger charge is 2.36. The summed E-state index contributed by atoms with van der Waals surface area (Å²) < 4.78 is 5.67. The van der Waals surface area contributed by atoms with Crippen molar-refractivity contribution in [2.45, 2.75) is 32.4 Å². The minimum atomic E-state index is -0.0780. The zero-order valence-electron chi connectivity index (χ0n) is 7.39. The largest absolute Gasteiger partial charge is 0.361 e. The Morgan fingerprint density at radius 2 is 2.00 bits per heavy atom. The summed E-state index contributed by atoms with van der Waals surface area (Å²) in [5.74, 6) is 1.77. The van der Waals surface area contributed by atoms with Gasteiger partial charge in [0.1, 0.15) is 5.72 Å². The molecule has 64 valence electrons. The molecule has 0 amide bonds. The van der Waals surface area contributed by atoms with Gasteiger partial charge in [-0.05, 0) is 38.5 Å². The Morgan fingerprint density at radius 3 is 2.45 bits per heavy atom. The van der Waals surface area contributed by atoms with Crippen molar-refractivity contribution >= 4 is 0 Å². The Kier molecular flexibility index (Phi) is 1.69. The van der Waals surface area contributed by atoms with Gasteiger partial charge in [-0.15, -0.1) is 0 Å². The van der Waals surface area contributed by atoms with Gasteiger partial charge in [0, 0.05) is 6.54 Å². The standard InChI is InChI=1S/C9H17NO/c1-9(2)10-5-8(6-11-9)7-3-4-7/h7-8,10H,3-6H2,1-2H3. The minimum Gasteiger partial charge on any atom is -0.361 e. The lowest BCUT2D eigenvalue weighted by Crippen LogP contribution is -2.51. The highest BCUT2D eigenvalue weighted by molar-refractivity contribution is 4.86. The lowest BCUT2D eigenvalue weighted by molar-refractivity contribution is -0.0947. The molecule has 0 bridgehead atoms. The zero-order valence-corrected chi connectivity index (χ0v) is 7.39. The molecule has 2 fully saturated rings. The normalized spacial score (nSPS) is 37.1. The summed E-state index contributed by atoms with van der Waals surface area (Å²) in [6.07, 6.45) is 2.85. The van der Waals surface area contributed by atoms with E-state index in [-0.39, 0.29) is 5.72 Å². The molecular weight excluding hydrogens is 138 g/mol. The van der Waals surface area contributed by atoms with Crippen LogP contribution in [-0.2, 0) is 4.74 Å². The molecule has 0 aromatic rings. The van der Waals surface area contributed by atoms with Crippen LogP contribution in [0.1, 0.15) is 26.7 Å². The van der Waals surface area contributed by atoms with Crippen molar-refractivity contribution in [3.63, 3.8) is 0 Å². The smallest absolute Gasteiger partial charge is 0.113 e. The van der Waals surface area contributed by atoms with Gasteiger partial charge in [0.15, 0.2) is 0 Å². The Labute approximate surface area is 68.3 Å². The van der Waals surface area contributed by atoms with Crippen LogP contribution < -0.4 is 5.32 Å². The lowest BCUT2D eigenvalue weighted by atomic mass is 10.0. The lowest BCUT2D eigenvalue weighted by Gasteiger charge is -2.36. The van der Waals surface area contributed by atoms with Crippen molar-refractivity contribution in [2.24, 2.45) is 11.8 Å². The van der Waals surface area contributed by atoms with E-state index in [4.69, 9.17) is 4.74 Å². The third kappa shape index (κ3) is 1.74. The first-order valence-corrected chi connectivity index (χ1v) is 4.56. The number of hydrogen-bond donors (Lipinski definition) is 1. The van der Waals surface area contributed by atoms with E-state index in [0.29, 0.717) is 0 Å². The maximum Gasteiger partial charge on any atom is 0.113 e. The second-order valence-electron chi connectivity index (χ2n) is 4.30. The SMILES string of the molecule is CC1(C)NCC(C2CC2)CO1. The van der Waals surface area contributed by atoms with Gasteiger partial charge in [0.05, 0.1) is 6.61 Å². The summed E-state index contributed by atoms with van der Waals surface area (Å²) in [7, 11) is 0. The summed E-state index contributed by atoms with van der Waals surface area (Å²) in [4.78, 5) is 0. The molecule has 1 atom stereocenters. The zero-order chi connectivity index (χ0) is 7.90. The van der Waals surface area contributed by atoms with Crippen LogP contribution in [0.3, 0.4) is 0 Å². The van der Waals surface area contributed by atoms with Gasteiger partial charge in [0.2, 0.25) is 0 Å². The predicted octanol–water partition coefficient (Wildman–Crippen LogP) is 1.37. The van der Waals surface area contributed by atoms with Crippen LogP contribution in [0.2, 0.25) is 0 Å². The van der Waals surface area contributed by atoms with Crippen molar-refractivity contribution < 1.29 is 4.74 Å².